The van der Waals surface area contributed by atoms with E-state index in [1.807, 2.05) is 36.4 Å². The lowest BCUT2D eigenvalue weighted by molar-refractivity contribution is -0.141. The van der Waals surface area contributed by atoms with Gasteiger partial charge in [-0.25, -0.2) is 13.4 Å². The molecule has 0 aliphatic carbocycles. The molecule has 1 fully saturated rings. The quantitative estimate of drug-likeness (QED) is 0.512. The number of carbonyl (C=O) groups is 1. The number of aromatic nitrogens is 1. The van der Waals surface area contributed by atoms with Crippen molar-refractivity contribution in [3.63, 3.8) is 0 Å². The van der Waals surface area contributed by atoms with Gasteiger partial charge in [-0.2, -0.15) is 0 Å². The smallest absolute Gasteiger partial charge is 0.312 e. The van der Waals surface area contributed by atoms with Crippen LogP contribution >= 0.6 is 12.2 Å². The Morgan fingerprint density at radius 2 is 1.87 bits per heavy atom. The molecule has 160 valence electrons. The summed E-state index contributed by atoms with van der Waals surface area (Å²) in [6.45, 7) is 3.95. The standard InChI is InChI=1S/C21H25N3O4S2/c1-2-28-21(25)14-20(29)23-19-5-3-4-18(22-19)17-8-6-16(7-9-17)15-24-10-12-30(26,27)13-11-24/h3-9H,2,10-15H2,1H3,(H,22,23,29). The molecule has 1 aromatic heterocycles. The van der Waals surface area contributed by atoms with E-state index in [4.69, 9.17) is 17.0 Å². The number of hydrogen-bond acceptors (Lipinski definition) is 7. The van der Waals surface area contributed by atoms with E-state index >= 15 is 0 Å². The number of carbonyl (C=O) groups excluding carboxylic acids is 1. The van der Waals surface area contributed by atoms with Crippen LogP contribution in [0.15, 0.2) is 42.5 Å². The highest BCUT2D eigenvalue weighted by molar-refractivity contribution is 7.91. The highest BCUT2D eigenvalue weighted by Crippen LogP contribution is 2.20. The fraction of sp³-hybridized carbons (Fsp3) is 0.381. The molecule has 1 N–H and O–H groups in total. The van der Waals surface area contributed by atoms with Gasteiger partial charge in [-0.15, -0.1) is 0 Å². The molecule has 1 aromatic carbocycles. The number of nitrogens with one attached hydrogen (secondary N) is 1. The van der Waals surface area contributed by atoms with Gasteiger partial charge in [0, 0.05) is 25.2 Å². The second kappa shape index (κ2) is 10.1. The first-order chi connectivity index (χ1) is 14.3. The number of pyridine rings is 1. The molecule has 0 saturated carbocycles. The average molecular weight is 448 g/mol. The second-order valence-electron chi connectivity index (χ2n) is 7.06. The third-order valence-electron chi connectivity index (χ3n) is 4.72. The Morgan fingerprint density at radius 1 is 1.17 bits per heavy atom. The van der Waals surface area contributed by atoms with Crippen molar-refractivity contribution in [2.75, 3.05) is 36.5 Å². The van der Waals surface area contributed by atoms with Crippen molar-refractivity contribution >= 4 is 38.8 Å². The van der Waals surface area contributed by atoms with Gasteiger partial charge in [-0.1, -0.05) is 42.5 Å². The predicted molar refractivity (Wildman–Crippen MR) is 121 cm³/mol. The lowest BCUT2D eigenvalue weighted by atomic mass is 10.1. The van der Waals surface area contributed by atoms with Crippen molar-refractivity contribution in [2.24, 2.45) is 0 Å². The Morgan fingerprint density at radius 3 is 2.53 bits per heavy atom. The SMILES string of the molecule is CCOC(=O)CC(=S)Nc1cccc(-c2ccc(CN3CCS(=O)(=O)CC3)cc2)n1. The Hall–Kier alpha value is -2.36. The lowest BCUT2D eigenvalue weighted by Crippen LogP contribution is -2.39. The highest BCUT2D eigenvalue weighted by atomic mass is 32.2. The van der Waals surface area contributed by atoms with Crippen molar-refractivity contribution in [1.82, 2.24) is 9.88 Å². The molecule has 3 rings (SSSR count). The summed E-state index contributed by atoms with van der Waals surface area (Å²) < 4.78 is 28.0. The predicted octanol–water partition coefficient (Wildman–Crippen LogP) is 2.67. The first kappa shape index (κ1) is 22.3. The molecule has 2 aromatic rings. The van der Waals surface area contributed by atoms with Gasteiger partial charge in [0.1, 0.15) is 5.82 Å². The van der Waals surface area contributed by atoms with Crippen LogP contribution in [0.1, 0.15) is 18.9 Å². The van der Waals surface area contributed by atoms with Gasteiger partial charge in [0.05, 0.1) is 35.2 Å². The summed E-state index contributed by atoms with van der Waals surface area (Å²) in [5.74, 6) is 0.660. The molecule has 0 spiro atoms. The number of benzene rings is 1. The minimum Gasteiger partial charge on any atom is -0.466 e. The molecule has 0 unspecified atom stereocenters. The fourth-order valence-corrected chi connectivity index (χ4v) is 4.64. The van der Waals surface area contributed by atoms with Crippen LogP contribution in [0.4, 0.5) is 5.82 Å². The molecule has 1 saturated heterocycles. The van der Waals surface area contributed by atoms with Gasteiger partial charge < -0.3 is 10.1 Å². The van der Waals surface area contributed by atoms with Crippen LogP contribution < -0.4 is 5.32 Å². The number of rotatable bonds is 7. The van der Waals surface area contributed by atoms with E-state index in [9.17, 15) is 13.2 Å². The number of nitrogens with zero attached hydrogens (tertiary/aromatic N) is 2. The van der Waals surface area contributed by atoms with Crippen molar-refractivity contribution in [3.8, 4) is 11.3 Å². The van der Waals surface area contributed by atoms with E-state index in [2.05, 4.69) is 15.2 Å². The van der Waals surface area contributed by atoms with Gasteiger partial charge in [0.2, 0.25) is 0 Å². The summed E-state index contributed by atoms with van der Waals surface area (Å²) in [5.41, 5.74) is 2.87. The Balaban J connectivity index is 1.60. The molecular formula is C21H25N3O4S2. The van der Waals surface area contributed by atoms with Crippen LogP contribution in [0.5, 0.6) is 0 Å². The summed E-state index contributed by atoms with van der Waals surface area (Å²) in [6, 6.07) is 13.6. The molecule has 1 aliphatic heterocycles. The van der Waals surface area contributed by atoms with E-state index in [0.29, 0.717) is 30.5 Å². The largest absolute Gasteiger partial charge is 0.466 e. The molecular weight excluding hydrogens is 422 g/mol. The van der Waals surface area contributed by atoms with Crippen LogP contribution in [-0.2, 0) is 25.9 Å². The number of hydrogen-bond donors (Lipinski definition) is 1. The first-order valence-electron chi connectivity index (χ1n) is 9.79. The monoisotopic (exact) mass is 447 g/mol. The normalized spacial score (nSPS) is 16.0. The fourth-order valence-electron chi connectivity index (χ4n) is 3.14. The average Bonchev–Trinajstić information content (AvgIpc) is 2.70. The lowest BCUT2D eigenvalue weighted by Gasteiger charge is -2.26. The zero-order chi connectivity index (χ0) is 21.6. The van der Waals surface area contributed by atoms with E-state index in [-0.39, 0.29) is 23.9 Å². The molecule has 1 aliphatic rings. The number of ether oxygens (including phenoxy) is 1. The zero-order valence-corrected chi connectivity index (χ0v) is 18.5. The number of esters is 1. The number of thiocarbonyl (C=S) groups is 1. The second-order valence-corrected chi connectivity index (χ2v) is 9.86. The number of anilines is 1. The van der Waals surface area contributed by atoms with Crippen molar-refractivity contribution in [2.45, 2.75) is 19.9 Å². The van der Waals surface area contributed by atoms with Crippen molar-refractivity contribution in [3.05, 3.63) is 48.0 Å². The maximum absolute atomic E-state index is 11.6. The van der Waals surface area contributed by atoms with Gasteiger partial charge in [0.25, 0.3) is 0 Å². The third-order valence-corrected chi connectivity index (χ3v) is 6.58. The molecule has 0 atom stereocenters. The molecule has 0 amide bonds. The number of sulfone groups is 1. The van der Waals surface area contributed by atoms with Gasteiger partial charge in [-0.05, 0) is 24.6 Å². The summed E-state index contributed by atoms with van der Waals surface area (Å²) in [5, 5.41) is 2.98. The van der Waals surface area contributed by atoms with Crippen LogP contribution in [0.2, 0.25) is 0 Å². The van der Waals surface area contributed by atoms with Crippen molar-refractivity contribution < 1.29 is 17.9 Å². The molecule has 0 bridgehead atoms. The van der Waals surface area contributed by atoms with Crippen LogP contribution in [0.3, 0.4) is 0 Å². The van der Waals surface area contributed by atoms with Gasteiger partial charge >= 0.3 is 5.97 Å². The third kappa shape index (κ3) is 6.58. The van der Waals surface area contributed by atoms with Crippen LogP contribution in [0.25, 0.3) is 11.3 Å². The zero-order valence-electron chi connectivity index (χ0n) is 16.8. The molecule has 9 heteroatoms. The molecule has 30 heavy (non-hydrogen) atoms. The minimum atomic E-state index is -2.86. The summed E-state index contributed by atoms with van der Waals surface area (Å²) in [7, 11) is -2.86. The highest BCUT2D eigenvalue weighted by Gasteiger charge is 2.21. The minimum absolute atomic E-state index is 0.0155. The summed E-state index contributed by atoms with van der Waals surface area (Å²) >= 11 is 5.20. The molecule has 0 radical (unpaired) electrons. The van der Waals surface area contributed by atoms with Crippen LogP contribution in [0, 0.1) is 0 Å². The first-order valence-corrected chi connectivity index (χ1v) is 12.0. The maximum Gasteiger partial charge on any atom is 0.312 e. The van der Waals surface area contributed by atoms with Gasteiger partial charge in [0.15, 0.2) is 9.84 Å². The Bertz CT molecular complexity index is 993. The topological polar surface area (TPSA) is 88.6 Å². The van der Waals surface area contributed by atoms with E-state index in [1.54, 1.807) is 13.0 Å². The van der Waals surface area contributed by atoms with E-state index < -0.39 is 9.84 Å². The van der Waals surface area contributed by atoms with E-state index in [0.717, 1.165) is 23.4 Å². The van der Waals surface area contributed by atoms with Crippen LogP contribution in [-0.4, -0.2) is 60.5 Å². The van der Waals surface area contributed by atoms with Gasteiger partial charge in [-0.3, -0.25) is 9.69 Å². The maximum atomic E-state index is 11.6. The summed E-state index contributed by atoms with van der Waals surface area (Å²) in [4.78, 5) is 18.6. The Kier molecular flexibility index (Phi) is 7.52. The van der Waals surface area contributed by atoms with E-state index in [1.165, 1.54) is 0 Å². The Labute approximate surface area is 182 Å². The summed E-state index contributed by atoms with van der Waals surface area (Å²) in [6.07, 6.45) is 0.0155. The molecule has 2 heterocycles. The van der Waals surface area contributed by atoms with Crippen molar-refractivity contribution in [1.29, 1.82) is 0 Å². The molecule has 7 nitrogen and oxygen atoms in total.